The molecule has 0 unspecified atom stereocenters. The van der Waals surface area contributed by atoms with Gasteiger partial charge in [0, 0.05) is 16.5 Å². The third-order valence-corrected chi connectivity index (χ3v) is 0. The average Bonchev–Trinajstić information content (AvgIpc) is 0.811. The van der Waals surface area contributed by atoms with Crippen molar-refractivity contribution in [2.45, 2.75) is 0 Å². The molecule has 0 atom stereocenters. The molecule has 0 aromatic carbocycles. The summed E-state index contributed by atoms with van der Waals surface area (Å²) in [5, 5.41) is 4.03. The predicted octanol–water partition coefficient (Wildman–Crippen LogP) is -0.833. The van der Waals surface area contributed by atoms with Gasteiger partial charge in [0.2, 0.25) is 0 Å². The monoisotopic (exact) mass is 138 g/mol. The number of hydrogen-bond acceptors (Lipinski definition) is 3. The third-order valence-electron chi connectivity index (χ3n) is 0. The molecule has 0 amide bonds. The van der Waals surface area contributed by atoms with Crippen molar-refractivity contribution in [2.75, 3.05) is 0 Å². The molecule has 0 aromatic heterocycles. The molecule has 0 aliphatic rings. The number of rotatable bonds is 0. The molecule has 0 heterocycles. The van der Waals surface area contributed by atoms with Gasteiger partial charge in [-0.25, -0.2) is 0 Å². The molecule has 0 saturated heterocycles. The summed E-state index contributed by atoms with van der Waals surface area (Å²) in [5.41, 5.74) is 0. The van der Waals surface area contributed by atoms with Crippen molar-refractivity contribution < 1.29 is 24.9 Å². The summed E-state index contributed by atoms with van der Waals surface area (Å²) in [5.74, 6) is 0. The van der Waals surface area contributed by atoms with Gasteiger partial charge in [-0.3, -0.25) is 0 Å². The topological polar surface area (TPSA) is 60.2 Å². The van der Waals surface area contributed by atoms with Crippen LogP contribution in [0, 0.1) is 0 Å². The van der Waals surface area contributed by atoms with Crippen LogP contribution in [-0.2, 0) is 35.8 Å². The Balaban J connectivity index is 0. The van der Waals surface area contributed by atoms with Gasteiger partial charge < -0.3 is 13.6 Å². The molecular formula is H2NNiO2S-. The summed E-state index contributed by atoms with van der Waals surface area (Å²) in [4.78, 5) is 0. The summed E-state index contributed by atoms with van der Waals surface area (Å²) >= 11 is 0. The van der Waals surface area contributed by atoms with Crippen molar-refractivity contribution in [2.24, 2.45) is 5.14 Å². The Morgan fingerprint density at radius 3 is 1.40 bits per heavy atom. The van der Waals surface area contributed by atoms with Crippen molar-refractivity contribution in [3.8, 4) is 0 Å². The average molecular weight is 139 g/mol. The molecule has 3 nitrogen and oxygen atoms in total. The van der Waals surface area contributed by atoms with Crippen molar-refractivity contribution in [3.63, 3.8) is 0 Å². The van der Waals surface area contributed by atoms with Crippen LogP contribution in [0.4, 0.5) is 0 Å². The first-order chi connectivity index (χ1) is 1.73. The van der Waals surface area contributed by atoms with Gasteiger partial charge >= 0.3 is 0 Å². The van der Waals surface area contributed by atoms with Crippen LogP contribution in [0.3, 0.4) is 0 Å². The van der Waals surface area contributed by atoms with Gasteiger partial charge in [0.05, 0.1) is 0 Å². The first-order valence-electron chi connectivity index (χ1n) is 0.569. The molecule has 0 rings (SSSR count). The molecule has 0 saturated carbocycles. The molecule has 0 radical (unpaired) electrons. The van der Waals surface area contributed by atoms with Crippen LogP contribution in [0.2, 0.25) is 0 Å². The normalized spacial score (nSPS) is 6.80. The SMILES string of the molecule is N[S-](=O)=O.[Ni]. The maximum absolute atomic E-state index is 8.78. The van der Waals surface area contributed by atoms with E-state index < -0.39 is 10.9 Å². The maximum Gasteiger partial charge on any atom is 0 e. The van der Waals surface area contributed by atoms with Gasteiger partial charge in [0.25, 0.3) is 0 Å². The van der Waals surface area contributed by atoms with Crippen LogP contribution >= 0.6 is 0 Å². The molecule has 0 bridgehead atoms. The molecule has 0 aromatic rings. The van der Waals surface area contributed by atoms with Crippen LogP contribution < -0.4 is 5.14 Å². The van der Waals surface area contributed by atoms with Crippen molar-refractivity contribution in [1.82, 2.24) is 0 Å². The van der Waals surface area contributed by atoms with E-state index in [1.165, 1.54) is 0 Å². The van der Waals surface area contributed by atoms with Gasteiger partial charge in [-0.2, -0.15) is 0 Å². The van der Waals surface area contributed by atoms with E-state index in [9.17, 15) is 0 Å². The minimum absolute atomic E-state index is 0. The largest absolute Gasteiger partial charge is 0.409 e. The van der Waals surface area contributed by atoms with Crippen molar-refractivity contribution in [3.05, 3.63) is 0 Å². The molecule has 36 valence electrons. The zero-order valence-electron chi connectivity index (χ0n) is 2.12. The van der Waals surface area contributed by atoms with Crippen LogP contribution in [0.15, 0.2) is 0 Å². The van der Waals surface area contributed by atoms with Crippen molar-refractivity contribution >= 4 is 10.9 Å². The second-order valence-corrected chi connectivity index (χ2v) is 0.781. The first-order valence-corrected chi connectivity index (χ1v) is 1.71. The van der Waals surface area contributed by atoms with E-state index in [4.69, 9.17) is 8.42 Å². The van der Waals surface area contributed by atoms with E-state index >= 15 is 0 Å². The summed E-state index contributed by atoms with van der Waals surface area (Å²) in [6, 6.07) is 0. The van der Waals surface area contributed by atoms with E-state index in [1.54, 1.807) is 0 Å². The summed E-state index contributed by atoms with van der Waals surface area (Å²) in [7, 11) is -2.36. The van der Waals surface area contributed by atoms with Crippen LogP contribution in [0.5, 0.6) is 0 Å². The second-order valence-electron chi connectivity index (χ2n) is 0.260. The Morgan fingerprint density at radius 1 is 1.40 bits per heavy atom. The number of hydrogen-bond donors (Lipinski definition) is 1. The zero-order chi connectivity index (χ0) is 3.58. The van der Waals surface area contributed by atoms with Crippen LogP contribution in [0.25, 0.3) is 0 Å². The van der Waals surface area contributed by atoms with Gasteiger partial charge in [-0.15, -0.1) is 0 Å². The Labute approximate surface area is 41.6 Å². The summed E-state index contributed by atoms with van der Waals surface area (Å²) in [6.45, 7) is 0. The third kappa shape index (κ3) is 156. The standard InChI is InChI=1S/H2NO2S.Ni/c1-4(2)3;/h(H2,1,2,3);/q-1;. The van der Waals surface area contributed by atoms with E-state index in [1.807, 2.05) is 0 Å². The van der Waals surface area contributed by atoms with Gasteiger partial charge in [-0.1, -0.05) is 0 Å². The smallest absolute Gasteiger partial charge is 0 e. The van der Waals surface area contributed by atoms with Gasteiger partial charge in [0.1, 0.15) is 0 Å². The predicted molar refractivity (Wildman–Crippen MR) is 12.9 cm³/mol. The fourth-order valence-electron chi connectivity index (χ4n) is 0. The van der Waals surface area contributed by atoms with Gasteiger partial charge in [0.15, 0.2) is 0 Å². The van der Waals surface area contributed by atoms with E-state index in [0.29, 0.717) is 0 Å². The maximum atomic E-state index is 8.78. The Bertz CT molecular complexity index is 58.0. The Kier molecular flexibility index (Phi) is 7.97. The quantitative estimate of drug-likeness (QED) is 0.351. The van der Waals surface area contributed by atoms with Crippen LogP contribution in [0.1, 0.15) is 0 Å². The molecule has 0 spiro atoms. The van der Waals surface area contributed by atoms with E-state index in [2.05, 4.69) is 5.14 Å². The molecule has 0 aliphatic carbocycles. The summed E-state index contributed by atoms with van der Waals surface area (Å²) < 4.78 is 17.6. The minimum atomic E-state index is -2.36. The first kappa shape index (κ1) is 9.05. The number of nitrogens with two attached hydrogens (primary N) is 1. The molecule has 2 N–H and O–H groups in total. The van der Waals surface area contributed by atoms with Crippen molar-refractivity contribution in [1.29, 1.82) is 0 Å². The van der Waals surface area contributed by atoms with Gasteiger partial charge in [-0.05, 0) is 10.9 Å². The second kappa shape index (κ2) is 4.40. The zero-order valence-corrected chi connectivity index (χ0v) is 3.92. The van der Waals surface area contributed by atoms with E-state index in [-0.39, 0.29) is 16.5 Å². The molecule has 5 heavy (non-hydrogen) atoms. The Hall–Kier alpha value is 0.404. The van der Waals surface area contributed by atoms with E-state index in [0.717, 1.165) is 0 Å². The Morgan fingerprint density at radius 2 is 1.40 bits per heavy atom. The summed E-state index contributed by atoms with van der Waals surface area (Å²) in [6.07, 6.45) is 0. The molecule has 5 heteroatoms. The fraction of sp³-hybridized carbons (Fsp3) is 0. The molecule has 0 aliphatic heterocycles. The fourth-order valence-corrected chi connectivity index (χ4v) is 0. The minimum Gasteiger partial charge on any atom is -0.409 e. The molecule has 0 fully saturated rings. The van der Waals surface area contributed by atoms with Crippen LogP contribution in [-0.4, -0.2) is 0 Å². The molecular weight excluding hydrogens is 137 g/mol.